The van der Waals surface area contributed by atoms with Crippen molar-refractivity contribution in [2.75, 3.05) is 13.2 Å². The molecule has 4 nitrogen and oxygen atoms in total. The maximum atomic E-state index is 12.6. The molecule has 2 aromatic rings. The van der Waals surface area contributed by atoms with E-state index in [1.165, 1.54) is 89.0 Å². The van der Waals surface area contributed by atoms with Crippen molar-refractivity contribution in [2.45, 2.75) is 103 Å². The molecule has 0 spiro atoms. The Bertz CT molecular complexity index is 923. The van der Waals surface area contributed by atoms with Gasteiger partial charge in [0.2, 0.25) is 0 Å². The molecule has 0 unspecified atom stereocenters. The number of carbonyl (C=O) groups is 1. The van der Waals surface area contributed by atoms with Gasteiger partial charge >= 0.3 is 0 Å². The number of nitrogens with one attached hydrogen (secondary N) is 2. The third-order valence-corrected chi connectivity index (χ3v) is 7.59. The molecule has 2 aromatic carbocycles. The number of thiocarbonyl (C=S) groups is 1. The molecule has 0 aliphatic carbocycles. The molecule has 6 heteroatoms. The van der Waals surface area contributed by atoms with Gasteiger partial charge in [0, 0.05) is 18.5 Å². The molecule has 0 bridgehead atoms. The molecular weight excluding hydrogens is 556 g/mol. The van der Waals surface area contributed by atoms with Gasteiger partial charge in [-0.15, -0.1) is 0 Å². The van der Waals surface area contributed by atoms with Crippen LogP contribution in [-0.2, 0) is 6.42 Å². The van der Waals surface area contributed by atoms with Gasteiger partial charge in [-0.3, -0.25) is 10.1 Å². The molecule has 0 saturated carbocycles. The first-order chi connectivity index (χ1) is 18.6. The van der Waals surface area contributed by atoms with Gasteiger partial charge in [0.1, 0.15) is 5.75 Å². The zero-order chi connectivity index (χ0) is 27.3. The van der Waals surface area contributed by atoms with Crippen LogP contribution < -0.4 is 15.4 Å². The highest BCUT2D eigenvalue weighted by atomic mass is 79.9. The minimum atomic E-state index is -0.222. The zero-order valence-corrected chi connectivity index (χ0v) is 25.6. The van der Waals surface area contributed by atoms with Crippen LogP contribution in [0.2, 0.25) is 0 Å². The zero-order valence-electron chi connectivity index (χ0n) is 23.2. The Labute approximate surface area is 244 Å². The number of hydrogen-bond donors (Lipinski definition) is 2. The highest BCUT2D eigenvalue weighted by Crippen LogP contribution is 2.26. The van der Waals surface area contributed by atoms with E-state index < -0.39 is 0 Å². The maximum absolute atomic E-state index is 12.6. The monoisotopic (exact) mass is 602 g/mol. The number of carbonyl (C=O) groups excluding carboxylic acids is 1. The summed E-state index contributed by atoms with van der Waals surface area (Å²) in [5.74, 6) is 0.496. The fourth-order valence-corrected chi connectivity index (χ4v) is 5.11. The molecule has 0 atom stereocenters. The summed E-state index contributed by atoms with van der Waals surface area (Å²) in [4.78, 5) is 12.6. The van der Waals surface area contributed by atoms with E-state index in [4.69, 9.17) is 17.0 Å². The van der Waals surface area contributed by atoms with Crippen LogP contribution in [0.3, 0.4) is 0 Å². The summed E-state index contributed by atoms with van der Waals surface area (Å²) in [6, 6.07) is 15.6. The Morgan fingerprint density at radius 3 is 1.97 bits per heavy atom. The van der Waals surface area contributed by atoms with E-state index in [0.717, 1.165) is 29.6 Å². The number of halogens is 1. The van der Waals surface area contributed by atoms with Gasteiger partial charge in [-0.1, -0.05) is 121 Å². The van der Waals surface area contributed by atoms with E-state index in [0.29, 0.717) is 17.3 Å². The highest BCUT2D eigenvalue weighted by Gasteiger charge is 2.11. The molecule has 0 saturated heterocycles. The lowest BCUT2D eigenvalue weighted by Gasteiger charge is -2.12. The van der Waals surface area contributed by atoms with Crippen molar-refractivity contribution in [3.05, 3.63) is 64.1 Å². The Hall–Kier alpha value is -1.92. The number of hydrogen-bond acceptors (Lipinski definition) is 3. The van der Waals surface area contributed by atoms with E-state index in [1.54, 1.807) is 12.1 Å². The number of amides is 1. The van der Waals surface area contributed by atoms with Crippen LogP contribution in [0.1, 0.15) is 113 Å². The predicted octanol–water partition coefficient (Wildman–Crippen LogP) is 9.16. The Balaban J connectivity index is 1.48. The highest BCUT2D eigenvalue weighted by molar-refractivity contribution is 9.10. The number of benzene rings is 2. The van der Waals surface area contributed by atoms with E-state index in [2.05, 4.69) is 45.6 Å². The van der Waals surface area contributed by atoms with Crippen molar-refractivity contribution in [1.29, 1.82) is 0 Å². The van der Waals surface area contributed by atoms with Crippen molar-refractivity contribution in [1.82, 2.24) is 10.6 Å². The van der Waals surface area contributed by atoms with Crippen molar-refractivity contribution < 1.29 is 9.53 Å². The smallest absolute Gasteiger partial charge is 0.257 e. The van der Waals surface area contributed by atoms with Gasteiger partial charge < -0.3 is 10.1 Å². The van der Waals surface area contributed by atoms with Crippen LogP contribution >= 0.6 is 28.1 Å². The number of ether oxygens (including phenoxy) is 1. The lowest BCUT2D eigenvalue weighted by Crippen LogP contribution is -2.39. The fourth-order valence-electron chi connectivity index (χ4n) is 4.42. The van der Waals surface area contributed by atoms with Crippen molar-refractivity contribution in [3.8, 4) is 5.75 Å². The molecule has 0 fully saturated rings. The summed E-state index contributed by atoms with van der Waals surface area (Å²) < 4.78 is 6.63. The number of rotatable bonds is 20. The largest absolute Gasteiger partial charge is 0.492 e. The van der Waals surface area contributed by atoms with Gasteiger partial charge in [-0.05, 0) is 58.3 Å². The quantitative estimate of drug-likeness (QED) is 0.117. The van der Waals surface area contributed by atoms with Crippen LogP contribution in [0.4, 0.5) is 0 Å². The van der Waals surface area contributed by atoms with Crippen LogP contribution in [0.5, 0.6) is 5.75 Å². The third kappa shape index (κ3) is 14.9. The van der Waals surface area contributed by atoms with Crippen LogP contribution in [0.15, 0.2) is 53.0 Å². The third-order valence-electron chi connectivity index (χ3n) is 6.73. The van der Waals surface area contributed by atoms with Gasteiger partial charge in [-0.2, -0.15) is 0 Å². The van der Waals surface area contributed by atoms with Crippen molar-refractivity contribution in [2.24, 2.45) is 0 Å². The lowest BCUT2D eigenvalue weighted by molar-refractivity contribution is 0.0976. The summed E-state index contributed by atoms with van der Waals surface area (Å²) in [6.45, 7) is 3.63. The molecule has 1 amide bonds. The minimum Gasteiger partial charge on any atom is -0.492 e. The Morgan fingerprint density at radius 2 is 1.39 bits per heavy atom. The van der Waals surface area contributed by atoms with Crippen molar-refractivity contribution in [3.63, 3.8) is 0 Å². The average Bonchev–Trinajstić information content (AvgIpc) is 2.92. The summed E-state index contributed by atoms with van der Waals surface area (Å²) in [6.07, 6.45) is 19.6. The lowest BCUT2D eigenvalue weighted by atomic mass is 10.0. The summed E-state index contributed by atoms with van der Waals surface area (Å²) in [5.41, 5.74) is 1.77. The van der Waals surface area contributed by atoms with E-state index in [9.17, 15) is 4.79 Å². The molecule has 0 radical (unpaired) electrons. The summed E-state index contributed by atoms with van der Waals surface area (Å²) >= 11 is 8.83. The molecule has 38 heavy (non-hydrogen) atoms. The first-order valence-corrected chi connectivity index (χ1v) is 15.9. The molecule has 210 valence electrons. The van der Waals surface area contributed by atoms with Crippen LogP contribution in [-0.4, -0.2) is 24.2 Å². The molecule has 0 aliphatic heterocycles. The average molecular weight is 604 g/mol. The van der Waals surface area contributed by atoms with Gasteiger partial charge in [-0.25, -0.2) is 0 Å². The molecule has 2 N–H and O–H groups in total. The van der Waals surface area contributed by atoms with E-state index >= 15 is 0 Å². The van der Waals surface area contributed by atoms with Gasteiger partial charge in [0.15, 0.2) is 5.11 Å². The standard InChI is InChI=1S/C32H47BrN2O2S/c1-2-3-4-5-6-7-8-9-10-11-12-13-14-18-24-34-32(38)35-31(36)28-21-22-30(29(33)26-28)37-25-23-27-19-16-15-17-20-27/h15-17,19-22,26H,2-14,18,23-25H2,1H3,(H2,34,35,36,38). The van der Waals surface area contributed by atoms with Crippen LogP contribution in [0, 0.1) is 0 Å². The second-order valence-corrected chi connectivity index (χ2v) is 11.3. The second-order valence-electron chi connectivity index (χ2n) is 10.0. The normalized spacial score (nSPS) is 10.8. The first-order valence-electron chi connectivity index (χ1n) is 14.7. The SMILES string of the molecule is CCCCCCCCCCCCCCCCNC(=S)NC(=O)c1ccc(OCCc2ccccc2)c(Br)c1. The topological polar surface area (TPSA) is 50.4 Å². The van der Waals surface area contributed by atoms with E-state index in [-0.39, 0.29) is 5.91 Å². The fraction of sp³-hybridized carbons (Fsp3) is 0.562. The first kappa shape index (κ1) is 32.3. The molecule has 0 aliphatic rings. The predicted molar refractivity (Wildman–Crippen MR) is 168 cm³/mol. The second kappa shape index (κ2) is 21.0. The van der Waals surface area contributed by atoms with Gasteiger partial charge in [0.05, 0.1) is 11.1 Å². The van der Waals surface area contributed by atoms with Gasteiger partial charge in [0.25, 0.3) is 5.91 Å². The van der Waals surface area contributed by atoms with Crippen molar-refractivity contribution >= 4 is 39.2 Å². The maximum Gasteiger partial charge on any atom is 0.257 e. The minimum absolute atomic E-state index is 0.222. The molecule has 0 aromatic heterocycles. The Kier molecular flexibility index (Phi) is 17.8. The summed E-state index contributed by atoms with van der Waals surface area (Å²) in [7, 11) is 0. The molecular formula is C32H47BrN2O2S. The molecule has 0 heterocycles. The van der Waals surface area contributed by atoms with Crippen LogP contribution in [0.25, 0.3) is 0 Å². The number of unbranched alkanes of at least 4 members (excludes halogenated alkanes) is 13. The molecule has 2 rings (SSSR count). The summed E-state index contributed by atoms with van der Waals surface area (Å²) in [5, 5.41) is 6.31. The Morgan fingerprint density at radius 1 is 0.816 bits per heavy atom. The van der Waals surface area contributed by atoms with E-state index in [1.807, 2.05) is 24.3 Å².